The molecule has 0 bridgehead atoms. The van der Waals surface area contributed by atoms with Crippen molar-refractivity contribution in [3.05, 3.63) is 11.8 Å². The molecule has 0 aliphatic rings. The zero-order valence-corrected chi connectivity index (χ0v) is 6.12. The van der Waals surface area contributed by atoms with Gasteiger partial charge in [0.1, 0.15) is 0 Å². The minimum absolute atomic E-state index is 0.520. The van der Waals surface area contributed by atoms with E-state index < -0.39 is 17.7 Å². The Morgan fingerprint density at radius 1 is 1.27 bits per heavy atom. The van der Waals surface area contributed by atoms with Gasteiger partial charge in [0.25, 0.3) is 0 Å². The summed E-state index contributed by atoms with van der Waals surface area (Å²) in [5.74, 6) is -2.99. The van der Waals surface area contributed by atoms with Gasteiger partial charge in [0.05, 0.1) is 14.2 Å². The molecule has 5 heteroatoms. The van der Waals surface area contributed by atoms with E-state index in [1.807, 2.05) is 0 Å². The Labute approximate surface area is 63.2 Å². The second kappa shape index (κ2) is 4.32. The molecular weight excluding hydrogens is 152 g/mol. The number of carbonyl (C=O) groups excluding carboxylic acids is 2. The summed E-state index contributed by atoms with van der Waals surface area (Å²) in [4.78, 5) is 20.7. The molecular formula is C6H7O5-. The van der Waals surface area contributed by atoms with Gasteiger partial charge in [-0.25, -0.2) is 9.59 Å². The first-order valence-electron chi connectivity index (χ1n) is 2.66. The summed E-state index contributed by atoms with van der Waals surface area (Å²) >= 11 is 0. The molecule has 0 radical (unpaired) electrons. The van der Waals surface area contributed by atoms with E-state index in [0.29, 0.717) is 6.08 Å². The fourth-order valence-electron chi connectivity index (χ4n) is 0.325. The fourth-order valence-corrected chi connectivity index (χ4v) is 0.325. The lowest BCUT2D eigenvalue weighted by Gasteiger charge is -2.06. The molecule has 0 aliphatic carbocycles. The average Bonchev–Trinajstić information content (AvgIpc) is 2.02. The Kier molecular flexibility index (Phi) is 3.72. The van der Waals surface area contributed by atoms with Crippen molar-refractivity contribution in [2.24, 2.45) is 0 Å². The molecule has 0 aromatic rings. The highest BCUT2D eigenvalue weighted by atomic mass is 16.5. The quantitative estimate of drug-likeness (QED) is 0.280. The number of carbonyl (C=O) groups is 2. The normalized spacial score (nSPS) is 10.5. The van der Waals surface area contributed by atoms with Gasteiger partial charge in [0.15, 0.2) is 0 Å². The summed E-state index contributed by atoms with van der Waals surface area (Å²) in [6.45, 7) is 0. The van der Waals surface area contributed by atoms with E-state index in [0.717, 1.165) is 14.2 Å². The Bertz CT molecular complexity index is 193. The van der Waals surface area contributed by atoms with Crippen LogP contribution in [0.1, 0.15) is 0 Å². The summed E-state index contributed by atoms with van der Waals surface area (Å²) in [6, 6.07) is 0. The van der Waals surface area contributed by atoms with Crippen LogP contribution in [0.15, 0.2) is 11.8 Å². The summed E-state index contributed by atoms with van der Waals surface area (Å²) in [7, 11) is 2.15. The van der Waals surface area contributed by atoms with Crippen LogP contribution in [-0.4, -0.2) is 26.2 Å². The SMILES string of the molecule is COC(=O)/C=C(\[O-])C(=O)OC. The molecule has 0 fully saturated rings. The Morgan fingerprint density at radius 3 is 2.18 bits per heavy atom. The number of rotatable bonds is 2. The van der Waals surface area contributed by atoms with Gasteiger partial charge in [-0.2, -0.15) is 0 Å². The lowest BCUT2D eigenvalue weighted by Crippen LogP contribution is -2.18. The number of ether oxygens (including phenoxy) is 2. The number of methoxy groups -OCH3 is 2. The van der Waals surface area contributed by atoms with Crippen LogP contribution in [0.25, 0.3) is 0 Å². The molecule has 5 nitrogen and oxygen atoms in total. The molecule has 0 spiro atoms. The van der Waals surface area contributed by atoms with Crippen molar-refractivity contribution in [3.8, 4) is 0 Å². The Balaban J connectivity index is 4.21. The minimum atomic E-state index is -1.09. The molecule has 0 N–H and O–H groups in total. The molecule has 0 amide bonds. The Morgan fingerprint density at radius 2 is 1.82 bits per heavy atom. The average molecular weight is 159 g/mol. The van der Waals surface area contributed by atoms with Gasteiger partial charge in [-0.05, 0) is 5.76 Å². The van der Waals surface area contributed by atoms with Gasteiger partial charge in [-0.1, -0.05) is 0 Å². The molecule has 0 aromatic heterocycles. The van der Waals surface area contributed by atoms with Gasteiger partial charge < -0.3 is 14.6 Å². The standard InChI is InChI=1S/C6H8O5/c1-10-5(8)3-4(7)6(9)11-2/h3,7H,1-2H3/p-1/b4-3-. The van der Waals surface area contributed by atoms with E-state index >= 15 is 0 Å². The lowest BCUT2D eigenvalue weighted by molar-refractivity contribution is -0.303. The topological polar surface area (TPSA) is 75.7 Å². The van der Waals surface area contributed by atoms with Gasteiger partial charge in [-0.3, -0.25) is 0 Å². The van der Waals surface area contributed by atoms with Gasteiger partial charge in [0.2, 0.25) is 0 Å². The highest BCUT2D eigenvalue weighted by Gasteiger charge is 1.99. The summed E-state index contributed by atoms with van der Waals surface area (Å²) < 4.78 is 8.12. The summed E-state index contributed by atoms with van der Waals surface area (Å²) in [5, 5.41) is 10.5. The third-order valence-electron chi connectivity index (χ3n) is 0.837. The van der Waals surface area contributed by atoms with Crippen LogP contribution < -0.4 is 5.11 Å². The van der Waals surface area contributed by atoms with E-state index in [1.54, 1.807) is 0 Å². The maximum Gasteiger partial charge on any atom is 0.330 e. The predicted octanol–water partition coefficient (Wildman–Crippen LogP) is -1.42. The minimum Gasteiger partial charge on any atom is -0.867 e. The molecule has 0 saturated heterocycles. The molecule has 0 aliphatic heterocycles. The Hall–Kier alpha value is -1.52. The molecule has 0 heterocycles. The van der Waals surface area contributed by atoms with Crippen molar-refractivity contribution in [2.45, 2.75) is 0 Å². The van der Waals surface area contributed by atoms with Crippen LogP contribution in [0.3, 0.4) is 0 Å². The number of esters is 2. The van der Waals surface area contributed by atoms with Crippen molar-refractivity contribution in [1.29, 1.82) is 0 Å². The van der Waals surface area contributed by atoms with Crippen LogP contribution in [-0.2, 0) is 19.1 Å². The summed E-state index contributed by atoms with van der Waals surface area (Å²) in [6.07, 6.45) is 0.520. The first kappa shape index (κ1) is 9.48. The third-order valence-corrected chi connectivity index (χ3v) is 0.837. The van der Waals surface area contributed by atoms with Gasteiger partial charge >= 0.3 is 11.9 Å². The highest BCUT2D eigenvalue weighted by molar-refractivity contribution is 5.93. The number of hydrogen-bond acceptors (Lipinski definition) is 5. The van der Waals surface area contributed by atoms with Crippen molar-refractivity contribution >= 4 is 11.9 Å². The molecule has 62 valence electrons. The second-order valence-corrected chi connectivity index (χ2v) is 1.52. The first-order chi connectivity index (χ1) is 5.11. The molecule has 0 rings (SSSR count). The largest absolute Gasteiger partial charge is 0.867 e. The highest BCUT2D eigenvalue weighted by Crippen LogP contribution is 1.87. The zero-order valence-electron chi connectivity index (χ0n) is 6.12. The van der Waals surface area contributed by atoms with E-state index in [4.69, 9.17) is 0 Å². The van der Waals surface area contributed by atoms with Crippen LogP contribution in [0.4, 0.5) is 0 Å². The van der Waals surface area contributed by atoms with Crippen molar-refractivity contribution < 1.29 is 24.2 Å². The first-order valence-corrected chi connectivity index (χ1v) is 2.66. The van der Waals surface area contributed by atoms with E-state index in [9.17, 15) is 14.7 Å². The maximum atomic E-state index is 10.5. The van der Waals surface area contributed by atoms with Crippen LogP contribution in [0.5, 0.6) is 0 Å². The van der Waals surface area contributed by atoms with E-state index in [2.05, 4.69) is 9.47 Å². The fraction of sp³-hybridized carbons (Fsp3) is 0.333. The molecule has 11 heavy (non-hydrogen) atoms. The smallest absolute Gasteiger partial charge is 0.330 e. The molecule has 0 saturated carbocycles. The van der Waals surface area contributed by atoms with E-state index in [1.165, 1.54) is 0 Å². The second-order valence-electron chi connectivity index (χ2n) is 1.52. The molecule has 0 atom stereocenters. The van der Waals surface area contributed by atoms with Crippen molar-refractivity contribution in [1.82, 2.24) is 0 Å². The van der Waals surface area contributed by atoms with Crippen LogP contribution in [0.2, 0.25) is 0 Å². The van der Waals surface area contributed by atoms with Crippen LogP contribution in [0, 0.1) is 0 Å². The van der Waals surface area contributed by atoms with Crippen molar-refractivity contribution in [2.75, 3.05) is 14.2 Å². The maximum absolute atomic E-state index is 10.5. The zero-order chi connectivity index (χ0) is 8.85. The van der Waals surface area contributed by atoms with E-state index in [-0.39, 0.29) is 0 Å². The van der Waals surface area contributed by atoms with Gasteiger partial charge in [0, 0.05) is 6.08 Å². The monoisotopic (exact) mass is 159 g/mol. The lowest BCUT2D eigenvalue weighted by atomic mass is 10.4. The van der Waals surface area contributed by atoms with Crippen molar-refractivity contribution in [3.63, 3.8) is 0 Å². The molecule has 0 unspecified atom stereocenters. The van der Waals surface area contributed by atoms with Crippen LogP contribution >= 0.6 is 0 Å². The summed E-state index contributed by atoms with van der Waals surface area (Å²) in [5.41, 5.74) is 0. The third kappa shape index (κ3) is 3.24. The predicted molar refractivity (Wildman–Crippen MR) is 32.1 cm³/mol. The number of hydrogen-bond donors (Lipinski definition) is 0. The van der Waals surface area contributed by atoms with Gasteiger partial charge in [-0.15, -0.1) is 0 Å². The molecule has 0 aromatic carbocycles.